The number of aryl methyl sites for hydroxylation is 3. The molecule has 2 nitrogen and oxygen atoms in total. The maximum Gasteiger partial charge on any atom is 0.118 e. The largest absolute Gasteiger partial charge is 0.382 e. The van der Waals surface area contributed by atoms with Crippen molar-refractivity contribution in [2.75, 3.05) is 6.61 Å². The highest BCUT2D eigenvalue weighted by atomic mass is 16.5. The van der Waals surface area contributed by atoms with Gasteiger partial charge >= 0.3 is 0 Å². The van der Waals surface area contributed by atoms with Gasteiger partial charge in [-0.1, -0.05) is 12.1 Å². The summed E-state index contributed by atoms with van der Waals surface area (Å²) in [5, 5.41) is 10.7. The van der Waals surface area contributed by atoms with Crippen LogP contribution in [-0.2, 0) is 10.3 Å². The van der Waals surface area contributed by atoms with Gasteiger partial charge in [0.1, 0.15) is 5.60 Å². The Balaban J connectivity index is 2.51. The molecule has 2 unspecified atom stereocenters. The molecule has 88 valence electrons. The Kier molecular flexibility index (Phi) is 2.81. The van der Waals surface area contributed by atoms with Crippen LogP contribution in [0, 0.1) is 20.8 Å². The lowest BCUT2D eigenvalue weighted by molar-refractivity contribution is -0.0321. The molecule has 2 heteroatoms. The van der Waals surface area contributed by atoms with Crippen molar-refractivity contribution in [3.05, 3.63) is 34.4 Å². The minimum Gasteiger partial charge on any atom is -0.382 e. The Hall–Kier alpha value is -0.860. The number of aliphatic hydroxyl groups is 1. The van der Waals surface area contributed by atoms with Gasteiger partial charge in [-0.3, -0.25) is 0 Å². The van der Waals surface area contributed by atoms with E-state index in [1.54, 1.807) is 0 Å². The molecule has 16 heavy (non-hydrogen) atoms. The maximum atomic E-state index is 10.7. The zero-order valence-corrected chi connectivity index (χ0v) is 10.5. The molecular formula is C14H20O2. The van der Waals surface area contributed by atoms with Crippen LogP contribution < -0.4 is 0 Å². The summed E-state index contributed by atoms with van der Waals surface area (Å²) in [6.07, 6.45) is 0.575. The van der Waals surface area contributed by atoms with E-state index in [4.69, 9.17) is 4.74 Å². The second-order valence-electron chi connectivity index (χ2n) is 4.94. The zero-order valence-electron chi connectivity index (χ0n) is 10.5. The SMILES string of the molecule is Cc1cc(C)c(C2(O)CCOC2C)cc1C. The minimum absolute atomic E-state index is 0.117. The normalized spacial score (nSPS) is 29.7. The van der Waals surface area contributed by atoms with E-state index in [1.807, 2.05) is 6.92 Å². The van der Waals surface area contributed by atoms with Gasteiger partial charge in [0, 0.05) is 6.42 Å². The number of ether oxygens (including phenoxy) is 1. The molecule has 2 rings (SSSR count). The molecule has 0 bridgehead atoms. The molecule has 1 saturated heterocycles. The molecule has 0 amide bonds. The van der Waals surface area contributed by atoms with Crippen LogP contribution in [0.25, 0.3) is 0 Å². The van der Waals surface area contributed by atoms with Crippen molar-refractivity contribution >= 4 is 0 Å². The van der Waals surface area contributed by atoms with Crippen LogP contribution in [0.15, 0.2) is 12.1 Å². The van der Waals surface area contributed by atoms with Crippen molar-refractivity contribution in [1.82, 2.24) is 0 Å². The third-order valence-corrected chi connectivity index (χ3v) is 3.83. The summed E-state index contributed by atoms with van der Waals surface area (Å²) in [6.45, 7) is 8.84. The van der Waals surface area contributed by atoms with Crippen molar-refractivity contribution in [2.45, 2.75) is 45.8 Å². The highest BCUT2D eigenvalue weighted by Gasteiger charge is 2.42. The molecule has 0 spiro atoms. The second-order valence-corrected chi connectivity index (χ2v) is 4.94. The van der Waals surface area contributed by atoms with E-state index in [2.05, 4.69) is 32.9 Å². The van der Waals surface area contributed by atoms with E-state index in [1.165, 1.54) is 11.1 Å². The average Bonchev–Trinajstić information content (AvgIpc) is 2.54. The fraction of sp³-hybridized carbons (Fsp3) is 0.571. The van der Waals surface area contributed by atoms with Gasteiger partial charge in [0.15, 0.2) is 0 Å². The van der Waals surface area contributed by atoms with Gasteiger partial charge in [0.25, 0.3) is 0 Å². The van der Waals surface area contributed by atoms with Gasteiger partial charge in [-0.25, -0.2) is 0 Å². The van der Waals surface area contributed by atoms with Crippen LogP contribution >= 0.6 is 0 Å². The molecule has 1 fully saturated rings. The van der Waals surface area contributed by atoms with Crippen LogP contribution in [0.1, 0.15) is 35.6 Å². The van der Waals surface area contributed by atoms with E-state index >= 15 is 0 Å². The van der Waals surface area contributed by atoms with Crippen LogP contribution in [-0.4, -0.2) is 17.8 Å². The first-order valence-corrected chi connectivity index (χ1v) is 5.87. The van der Waals surface area contributed by atoms with Crippen LogP contribution in [0.5, 0.6) is 0 Å². The Morgan fingerprint density at radius 2 is 1.81 bits per heavy atom. The quantitative estimate of drug-likeness (QED) is 0.788. The summed E-state index contributed by atoms with van der Waals surface area (Å²) in [4.78, 5) is 0. The molecule has 0 saturated carbocycles. The Morgan fingerprint density at radius 3 is 2.38 bits per heavy atom. The Bertz CT molecular complexity index is 411. The first-order valence-electron chi connectivity index (χ1n) is 5.87. The smallest absolute Gasteiger partial charge is 0.118 e. The third kappa shape index (κ3) is 1.66. The van der Waals surface area contributed by atoms with Crippen molar-refractivity contribution in [2.24, 2.45) is 0 Å². The summed E-state index contributed by atoms with van der Waals surface area (Å²) in [6, 6.07) is 4.25. The summed E-state index contributed by atoms with van der Waals surface area (Å²) >= 11 is 0. The predicted molar refractivity (Wildman–Crippen MR) is 64.6 cm³/mol. The lowest BCUT2D eigenvalue weighted by atomic mass is 9.83. The lowest BCUT2D eigenvalue weighted by Gasteiger charge is -2.29. The molecule has 0 aromatic heterocycles. The Morgan fingerprint density at radius 1 is 1.19 bits per heavy atom. The Labute approximate surface area is 97.3 Å². The highest BCUT2D eigenvalue weighted by molar-refractivity contribution is 5.40. The molecule has 0 aliphatic carbocycles. The number of benzene rings is 1. The lowest BCUT2D eigenvalue weighted by Crippen LogP contribution is -2.34. The summed E-state index contributed by atoms with van der Waals surface area (Å²) in [7, 11) is 0. The molecule has 1 aliphatic heterocycles. The van der Waals surface area contributed by atoms with E-state index in [0.29, 0.717) is 13.0 Å². The van der Waals surface area contributed by atoms with Crippen LogP contribution in [0.4, 0.5) is 0 Å². The molecule has 1 heterocycles. The molecule has 1 aromatic rings. The van der Waals surface area contributed by atoms with Crippen molar-refractivity contribution in [1.29, 1.82) is 0 Å². The van der Waals surface area contributed by atoms with Crippen LogP contribution in [0.2, 0.25) is 0 Å². The number of hydrogen-bond acceptors (Lipinski definition) is 2. The van der Waals surface area contributed by atoms with Crippen molar-refractivity contribution in [3.63, 3.8) is 0 Å². The fourth-order valence-electron chi connectivity index (χ4n) is 2.51. The second kappa shape index (κ2) is 3.86. The molecular weight excluding hydrogens is 200 g/mol. The summed E-state index contributed by atoms with van der Waals surface area (Å²) in [5.74, 6) is 0. The predicted octanol–water partition coefficient (Wildman–Crippen LogP) is 2.61. The maximum absolute atomic E-state index is 10.7. The molecule has 1 aliphatic rings. The van der Waals surface area contributed by atoms with E-state index < -0.39 is 5.60 Å². The van der Waals surface area contributed by atoms with Gasteiger partial charge in [-0.05, 0) is 49.9 Å². The van der Waals surface area contributed by atoms with E-state index in [-0.39, 0.29) is 6.10 Å². The summed E-state index contributed by atoms with van der Waals surface area (Å²) < 4.78 is 5.50. The minimum atomic E-state index is -0.803. The first-order chi connectivity index (χ1) is 7.45. The van der Waals surface area contributed by atoms with Gasteiger partial charge in [0.05, 0.1) is 12.7 Å². The molecule has 1 N–H and O–H groups in total. The summed E-state index contributed by atoms with van der Waals surface area (Å²) in [5.41, 5.74) is 3.89. The van der Waals surface area contributed by atoms with Gasteiger partial charge in [0.2, 0.25) is 0 Å². The molecule has 0 radical (unpaired) electrons. The highest BCUT2D eigenvalue weighted by Crippen LogP contribution is 2.38. The van der Waals surface area contributed by atoms with Crippen molar-refractivity contribution < 1.29 is 9.84 Å². The van der Waals surface area contributed by atoms with Crippen molar-refractivity contribution in [3.8, 4) is 0 Å². The molecule has 2 atom stereocenters. The monoisotopic (exact) mass is 220 g/mol. The topological polar surface area (TPSA) is 29.5 Å². The molecule has 1 aromatic carbocycles. The van der Waals surface area contributed by atoms with Gasteiger partial charge in [-0.15, -0.1) is 0 Å². The number of rotatable bonds is 1. The fourth-order valence-corrected chi connectivity index (χ4v) is 2.51. The van der Waals surface area contributed by atoms with Gasteiger partial charge < -0.3 is 9.84 Å². The van der Waals surface area contributed by atoms with E-state index in [0.717, 1.165) is 11.1 Å². The number of hydrogen-bond donors (Lipinski definition) is 1. The first kappa shape index (κ1) is 11.6. The average molecular weight is 220 g/mol. The zero-order chi connectivity index (χ0) is 11.9. The third-order valence-electron chi connectivity index (χ3n) is 3.83. The standard InChI is InChI=1S/C14H20O2/c1-9-7-11(3)13(8-10(9)2)14(15)5-6-16-12(14)4/h7-8,12,15H,5-6H2,1-4H3. The van der Waals surface area contributed by atoms with E-state index in [9.17, 15) is 5.11 Å². The van der Waals surface area contributed by atoms with Gasteiger partial charge in [-0.2, -0.15) is 0 Å². The van der Waals surface area contributed by atoms with Crippen LogP contribution in [0.3, 0.4) is 0 Å².